The van der Waals surface area contributed by atoms with Gasteiger partial charge in [-0.25, -0.2) is 27.7 Å². The number of amides is 3. The number of carboxylic acid groups (broad SMARTS) is 1. The summed E-state index contributed by atoms with van der Waals surface area (Å²) in [7, 11) is -3.98. The third-order valence-electron chi connectivity index (χ3n) is 5.93. The Balaban J connectivity index is 1.56. The van der Waals surface area contributed by atoms with Crippen LogP contribution in [0.1, 0.15) is 50.3 Å². The molecule has 0 bridgehead atoms. The van der Waals surface area contributed by atoms with Crippen LogP contribution in [0.2, 0.25) is 0 Å². The van der Waals surface area contributed by atoms with Crippen molar-refractivity contribution in [2.45, 2.75) is 62.7 Å². The number of carbonyl (C=O) groups excluding carboxylic acids is 1. The number of nitrogens with zero attached hydrogens (tertiary/aromatic N) is 1. The summed E-state index contributed by atoms with van der Waals surface area (Å²) in [6.07, 6.45) is 1.39. The fourth-order valence-electron chi connectivity index (χ4n) is 4.23. The summed E-state index contributed by atoms with van der Waals surface area (Å²) in [6.45, 7) is 5.80. The van der Waals surface area contributed by atoms with E-state index in [1.165, 1.54) is 17.4 Å². The first-order valence-electron chi connectivity index (χ1n) is 12.7. The molecule has 40 heavy (non-hydrogen) atoms. The van der Waals surface area contributed by atoms with Crippen molar-refractivity contribution < 1.29 is 27.9 Å². The van der Waals surface area contributed by atoms with E-state index in [4.69, 9.17) is 9.84 Å². The van der Waals surface area contributed by atoms with Crippen molar-refractivity contribution >= 4 is 39.2 Å². The van der Waals surface area contributed by atoms with E-state index in [1.807, 2.05) is 30.3 Å². The van der Waals surface area contributed by atoms with Gasteiger partial charge in [0.05, 0.1) is 22.4 Å². The first kappa shape index (κ1) is 29.5. The molecule has 3 aromatic rings. The zero-order valence-electron chi connectivity index (χ0n) is 22.4. The summed E-state index contributed by atoms with van der Waals surface area (Å²) in [5.41, 5.74) is 0.960. The van der Waals surface area contributed by atoms with Crippen LogP contribution in [0.5, 0.6) is 0 Å². The van der Waals surface area contributed by atoms with Crippen LogP contribution in [0.4, 0.5) is 15.3 Å². The topological polar surface area (TPSA) is 159 Å². The molecule has 1 aliphatic heterocycles. The van der Waals surface area contributed by atoms with Gasteiger partial charge in [0.2, 0.25) is 10.0 Å². The van der Waals surface area contributed by atoms with Crippen LogP contribution in [0.3, 0.4) is 0 Å². The highest BCUT2D eigenvalue weighted by atomic mass is 32.2. The third kappa shape index (κ3) is 8.01. The van der Waals surface area contributed by atoms with Gasteiger partial charge in [0.25, 0.3) is 0 Å². The van der Waals surface area contributed by atoms with E-state index >= 15 is 0 Å². The second-order valence-electron chi connectivity index (χ2n) is 10.5. The van der Waals surface area contributed by atoms with Crippen LogP contribution in [0.25, 0.3) is 10.4 Å². The Kier molecular flexibility index (Phi) is 9.08. The Bertz CT molecular complexity index is 1450. The number of anilines is 1. The number of ether oxygens (including phenoxy) is 1. The first-order chi connectivity index (χ1) is 18.9. The molecule has 0 radical (unpaired) electrons. The maximum atomic E-state index is 13.5. The highest BCUT2D eigenvalue weighted by Crippen LogP contribution is 2.38. The first-order valence-corrected chi connectivity index (χ1v) is 15.0. The Morgan fingerprint density at radius 3 is 2.52 bits per heavy atom. The molecule has 13 heteroatoms. The molecular weight excluding hydrogens is 554 g/mol. The fourth-order valence-corrected chi connectivity index (χ4v) is 7.01. The van der Waals surface area contributed by atoms with E-state index in [9.17, 15) is 18.0 Å². The lowest BCUT2D eigenvalue weighted by molar-refractivity contribution is -0.00315. The number of aromatic nitrogens is 1. The molecule has 214 valence electrons. The lowest BCUT2D eigenvalue weighted by Gasteiger charge is -2.27. The van der Waals surface area contributed by atoms with Gasteiger partial charge in [-0.05, 0) is 51.3 Å². The number of hydrogen-bond acceptors (Lipinski definition) is 7. The average Bonchev–Trinajstić information content (AvgIpc) is 3.37. The minimum Gasteiger partial charge on any atom is -0.465 e. The van der Waals surface area contributed by atoms with Crippen molar-refractivity contribution in [1.29, 1.82) is 0 Å². The minimum absolute atomic E-state index is 0.00812. The van der Waals surface area contributed by atoms with Crippen LogP contribution in [0, 0.1) is 0 Å². The van der Waals surface area contributed by atoms with Crippen molar-refractivity contribution in [3.05, 3.63) is 65.3 Å². The maximum absolute atomic E-state index is 13.5. The molecule has 0 saturated carbocycles. The minimum atomic E-state index is -3.98. The Morgan fingerprint density at radius 2 is 1.88 bits per heavy atom. The summed E-state index contributed by atoms with van der Waals surface area (Å²) in [5.74, 6) is 0. The van der Waals surface area contributed by atoms with Crippen LogP contribution in [0.15, 0.2) is 59.6 Å². The number of urea groups is 1. The van der Waals surface area contributed by atoms with Gasteiger partial charge >= 0.3 is 12.1 Å². The van der Waals surface area contributed by atoms with Gasteiger partial charge in [-0.15, -0.1) is 11.3 Å². The molecule has 2 aromatic carbocycles. The van der Waals surface area contributed by atoms with Crippen molar-refractivity contribution in [3.63, 3.8) is 0 Å². The molecule has 0 spiro atoms. The van der Waals surface area contributed by atoms with Crippen molar-refractivity contribution in [3.8, 4) is 10.4 Å². The SMILES string of the molecule is CC(C)(C)NS(=O)(=O)c1cc(NC(=O)NCc2ccccc2)ccc1-c1cnc([C@H]2CC[C@H](NC(=O)O)CO2)s1. The predicted octanol–water partition coefficient (Wildman–Crippen LogP) is 4.70. The third-order valence-corrected chi connectivity index (χ3v) is 8.85. The molecule has 2 heterocycles. The number of sulfonamides is 1. The number of benzene rings is 2. The van der Waals surface area contributed by atoms with Crippen molar-refractivity contribution in [2.24, 2.45) is 0 Å². The van der Waals surface area contributed by atoms with E-state index in [2.05, 4.69) is 25.7 Å². The molecule has 1 aliphatic rings. The van der Waals surface area contributed by atoms with Crippen LogP contribution in [-0.4, -0.2) is 48.8 Å². The van der Waals surface area contributed by atoms with Gasteiger partial charge in [-0.1, -0.05) is 36.4 Å². The molecule has 3 amide bonds. The molecule has 5 N–H and O–H groups in total. The Labute approximate surface area is 237 Å². The number of thiazole rings is 1. The van der Waals surface area contributed by atoms with Gasteiger partial charge in [-0.2, -0.15) is 0 Å². The second-order valence-corrected chi connectivity index (χ2v) is 13.2. The number of nitrogens with one attached hydrogen (secondary N) is 4. The van der Waals surface area contributed by atoms with Crippen LogP contribution < -0.4 is 20.7 Å². The average molecular weight is 588 g/mol. The van der Waals surface area contributed by atoms with Crippen LogP contribution >= 0.6 is 11.3 Å². The number of rotatable bonds is 8. The highest BCUT2D eigenvalue weighted by molar-refractivity contribution is 7.89. The van der Waals surface area contributed by atoms with Gasteiger partial charge in [-0.3, -0.25) is 0 Å². The molecule has 1 saturated heterocycles. The van der Waals surface area contributed by atoms with E-state index in [1.54, 1.807) is 39.1 Å². The molecule has 11 nitrogen and oxygen atoms in total. The highest BCUT2D eigenvalue weighted by Gasteiger charge is 2.29. The Hall–Kier alpha value is -3.52. The Morgan fingerprint density at radius 1 is 1.12 bits per heavy atom. The molecule has 2 atom stereocenters. The molecule has 0 aliphatic carbocycles. The van der Waals surface area contributed by atoms with Gasteiger partial charge in [0.1, 0.15) is 11.1 Å². The summed E-state index contributed by atoms with van der Waals surface area (Å²) >= 11 is 1.32. The van der Waals surface area contributed by atoms with E-state index in [0.29, 0.717) is 40.5 Å². The second kappa shape index (κ2) is 12.3. The molecular formula is C27H33N5O6S2. The van der Waals surface area contributed by atoms with Crippen molar-refractivity contribution in [1.82, 2.24) is 20.3 Å². The van der Waals surface area contributed by atoms with Crippen LogP contribution in [-0.2, 0) is 21.3 Å². The van der Waals surface area contributed by atoms with Gasteiger partial charge in [0, 0.05) is 29.5 Å². The van der Waals surface area contributed by atoms with E-state index in [-0.39, 0.29) is 23.6 Å². The zero-order valence-corrected chi connectivity index (χ0v) is 24.1. The number of carbonyl (C=O) groups is 2. The summed E-state index contributed by atoms with van der Waals surface area (Å²) in [5, 5.41) is 17.5. The van der Waals surface area contributed by atoms with E-state index < -0.39 is 27.7 Å². The largest absolute Gasteiger partial charge is 0.465 e. The van der Waals surface area contributed by atoms with Crippen molar-refractivity contribution in [2.75, 3.05) is 11.9 Å². The summed E-state index contributed by atoms with van der Waals surface area (Å²) < 4.78 is 35.5. The molecule has 0 unspecified atom stereocenters. The lowest BCUT2D eigenvalue weighted by Crippen LogP contribution is -2.40. The quantitative estimate of drug-likeness (QED) is 0.256. The lowest BCUT2D eigenvalue weighted by atomic mass is 10.1. The monoisotopic (exact) mass is 587 g/mol. The molecule has 4 rings (SSSR count). The van der Waals surface area contributed by atoms with Gasteiger partial charge in [0.15, 0.2) is 0 Å². The summed E-state index contributed by atoms with van der Waals surface area (Å²) in [4.78, 5) is 28.6. The smallest absolute Gasteiger partial charge is 0.404 e. The van der Waals surface area contributed by atoms with Gasteiger partial charge < -0.3 is 25.8 Å². The normalized spacial score (nSPS) is 17.7. The standard InChI is InChI=1S/C27H33N5O6S2/c1-27(2,3)32-40(36,37)23-13-18(30-25(33)29-14-17-7-5-4-6-8-17)9-11-20(23)22-15-28-24(39-22)21-12-10-19(16-38-21)31-26(34)35/h4-9,11,13,15,19,21,31-32H,10,12,14,16H2,1-3H3,(H,34,35)(H2,29,30,33)/t19-,21+/m0/s1. The maximum Gasteiger partial charge on any atom is 0.404 e. The summed E-state index contributed by atoms with van der Waals surface area (Å²) in [6, 6.07) is 13.4. The molecule has 1 fully saturated rings. The predicted molar refractivity (Wildman–Crippen MR) is 153 cm³/mol. The number of hydrogen-bond donors (Lipinski definition) is 5. The van der Waals surface area contributed by atoms with E-state index in [0.717, 1.165) is 5.56 Å². The fraction of sp³-hybridized carbons (Fsp3) is 0.370. The zero-order chi connectivity index (χ0) is 28.9. The molecule has 1 aromatic heterocycles.